The summed E-state index contributed by atoms with van der Waals surface area (Å²) in [7, 11) is 0. The summed E-state index contributed by atoms with van der Waals surface area (Å²) in [5.74, 6) is 2.05. The second-order valence-electron chi connectivity index (χ2n) is 5.11. The molecule has 2 atom stereocenters. The summed E-state index contributed by atoms with van der Waals surface area (Å²) in [6.45, 7) is 5.41. The molecule has 1 aromatic rings. The maximum atomic E-state index is 6.28. The summed E-state index contributed by atoms with van der Waals surface area (Å²) in [6.07, 6.45) is 1.90. The fourth-order valence-corrected chi connectivity index (χ4v) is 2.59. The van der Waals surface area contributed by atoms with Gasteiger partial charge < -0.3 is 15.2 Å². The summed E-state index contributed by atoms with van der Waals surface area (Å²) in [5.41, 5.74) is 6.92. The van der Waals surface area contributed by atoms with E-state index in [9.17, 15) is 0 Å². The molecule has 1 heterocycles. The fourth-order valence-electron chi connectivity index (χ4n) is 2.36. The Morgan fingerprint density at radius 2 is 1.83 bits per heavy atom. The summed E-state index contributed by atoms with van der Waals surface area (Å²) in [6, 6.07) is 4.06. The van der Waals surface area contributed by atoms with E-state index < -0.39 is 0 Å². The van der Waals surface area contributed by atoms with E-state index in [1.54, 1.807) is 0 Å². The molecule has 0 fully saturated rings. The molecule has 18 heavy (non-hydrogen) atoms. The van der Waals surface area contributed by atoms with Crippen molar-refractivity contribution in [3.05, 3.63) is 22.7 Å². The molecule has 0 aliphatic carbocycles. The van der Waals surface area contributed by atoms with Crippen molar-refractivity contribution in [1.82, 2.24) is 0 Å². The van der Waals surface area contributed by atoms with Crippen LogP contribution in [-0.4, -0.2) is 19.3 Å². The Hall–Kier alpha value is -0.930. The van der Waals surface area contributed by atoms with E-state index in [2.05, 4.69) is 6.92 Å². The van der Waals surface area contributed by atoms with E-state index in [0.717, 1.165) is 34.9 Å². The van der Waals surface area contributed by atoms with Gasteiger partial charge in [-0.1, -0.05) is 18.5 Å². The van der Waals surface area contributed by atoms with Gasteiger partial charge in [0.1, 0.15) is 13.2 Å². The Morgan fingerprint density at radius 3 is 2.44 bits per heavy atom. The van der Waals surface area contributed by atoms with Crippen molar-refractivity contribution in [3.8, 4) is 11.5 Å². The van der Waals surface area contributed by atoms with E-state index in [-0.39, 0.29) is 6.04 Å². The molecule has 2 rings (SSSR count). The van der Waals surface area contributed by atoms with Crippen LogP contribution in [0.5, 0.6) is 11.5 Å². The van der Waals surface area contributed by atoms with Crippen LogP contribution < -0.4 is 15.2 Å². The Kier molecular flexibility index (Phi) is 4.36. The fraction of sp³-hybridized carbons (Fsp3) is 0.571. The van der Waals surface area contributed by atoms with Gasteiger partial charge in [-0.3, -0.25) is 0 Å². The van der Waals surface area contributed by atoms with Gasteiger partial charge in [-0.15, -0.1) is 0 Å². The van der Waals surface area contributed by atoms with Crippen molar-refractivity contribution >= 4 is 11.6 Å². The zero-order chi connectivity index (χ0) is 13.1. The Balaban J connectivity index is 2.13. The number of rotatable bonds is 4. The van der Waals surface area contributed by atoms with E-state index in [0.29, 0.717) is 19.1 Å². The van der Waals surface area contributed by atoms with Crippen molar-refractivity contribution in [1.29, 1.82) is 0 Å². The molecule has 3 nitrogen and oxygen atoms in total. The number of benzene rings is 1. The van der Waals surface area contributed by atoms with Crippen LogP contribution in [0.3, 0.4) is 0 Å². The Morgan fingerprint density at radius 1 is 1.22 bits per heavy atom. The maximum Gasteiger partial charge on any atom is 0.162 e. The van der Waals surface area contributed by atoms with Crippen LogP contribution in [0.1, 0.15) is 25.8 Å². The molecular formula is C14H20ClNO2. The molecule has 0 radical (unpaired) electrons. The molecule has 1 aromatic carbocycles. The molecule has 0 saturated carbocycles. The highest BCUT2D eigenvalue weighted by atomic mass is 35.5. The van der Waals surface area contributed by atoms with Gasteiger partial charge in [0.05, 0.1) is 0 Å². The van der Waals surface area contributed by atoms with Gasteiger partial charge in [-0.05, 0) is 37.3 Å². The van der Waals surface area contributed by atoms with Gasteiger partial charge in [-0.25, -0.2) is 0 Å². The number of fused-ring (bicyclic) bond motifs is 1. The minimum absolute atomic E-state index is 0.219. The number of hydrogen-bond acceptors (Lipinski definition) is 3. The van der Waals surface area contributed by atoms with Gasteiger partial charge in [0, 0.05) is 17.1 Å². The van der Waals surface area contributed by atoms with Crippen molar-refractivity contribution in [2.75, 3.05) is 13.2 Å². The second-order valence-corrected chi connectivity index (χ2v) is 5.52. The third-order valence-corrected chi connectivity index (χ3v) is 3.41. The maximum absolute atomic E-state index is 6.28. The molecule has 1 aliphatic heterocycles. The SMILES string of the molecule is CC(N)CC(C)Cc1cc2c(cc1Cl)OCCO2. The minimum Gasteiger partial charge on any atom is -0.486 e. The quantitative estimate of drug-likeness (QED) is 0.914. The van der Waals surface area contributed by atoms with Crippen LogP contribution in [0.4, 0.5) is 0 Å². The van der Waals surface area contributed by atoms with Crippen LogP contribution in [0, 0.1) is 5.92 Å². The normalized spacial score (nSPS) is 17.3. The monoisotopic (exact) mass is 269 g/mol. The highest BCUT2D eigenvalue weighted by Crippen LogP contribution is 2.36. The van der Waals surface area contributed by atoms with Gasteiger partial charge in [0.2, 0.25) is 0 Å². The summed E-state index contributed by atoms with van der Waals surface area (Å²) in [5, 5.41) is 0.746. The van der Waals surface area contributed by atoms with Crippen molar-refractivity contribution in [3.63, 3.8) is 0 Å². The Bertz CT molecular complexity index is 421. The number of halogens is 1. The highest BCUT2D eigenvalue weighted by Gasteiger charge is 2.16. The zero-order valence-corrected chi connectivity index (χ0v) is 11.7. The van der Waals surface area contributed by atoms with E-state index in [1.807, 2.05) is 19.1 Å². The summed E-state index contributed by atoms with van der Waals surface area (Å²) < 4.78 is 11.1. The van der Waals surface area contributed by atoms with Crippen LogP contribution in [0.2, 0.25) is 5.02 Å². The largest absolute Gasteiger partial charge is 0.486 e. The first kappa shape index (κ1) is 13.5. The lowest BCUT2D eigenvalue weighted by atomic mass is 9.95. The van der Waals surface area contributed by atoms with Gasteiger partial charge in [0.25, 0.3) is 0 Å². The first-order valence-electron chi connectivity index (χ1n) is 6.40. The third-order valence-electron chi connectivity index (χ3n) is 3.05. The molecule has 0 saturated heterocycles. The molecule has 2 N–H and O–H groups in total. The zero-order valence-electron chi connectivity index (χ0n) is 10.9. The van der Waals surface area contributed by atoms with Crippen molar-refractivity contribution in [2.45, 2.75) is 32.7 Å². The molecule has 0 amide bonds. The van der Waals surface area contributed by atoms with E-state index in [4.69, 9.17) is 26.8 Å². The number of nitrogens with two attached hydrogens (primary N) is 1. The lowest BCUT2D eigenvalue weighted by molar-refractivity contribution is 0.171. The van der Waals surface area contributed by atoms with Crippen molar-refractivity contribution in [2.24, 2.45) is 11.7 Å². The first-order valence-corrected chi connectivity index (χ1v) is 6.77. The third kappa shape index (κ3) is 3.30. The van der Waals surface area contributed by atoms with E-state index in [1.165, 1.54) is 0 Å². The average Bonchev–Trinajstić information content (AvgIpc) is 2.29. The lowest BCUT2D eigenvalue weighted by Gasteiger charge is -2.21. The minimum atomic E-state index is 0.219. The molecule has 1 aliphatic rings. The van der Waals surface area contributed by atoms with Gasteiger partial charge in [0.15, 0.2) is 11.5 Å². The standard InChI is InChI=1S/C14H20ClNO2/c1-9(5-10(2)16)6-11-7-13-14(8-12(11)15)18-4-3-17-13/h7-10H,3-6,16H2,1-2H3. The van der Waals surface area contributed by atoms with Crippen molar-refractivity contribution < 1.29 is 9.47 Å². The molecule has 0 bridgehead atoms. The molecule has 2 unspecified atom stereocenters. The summed E-state index contributed by atoms with van der Waals surface area (Å²) in [4.78, 5) is 0. The molecule has 4 heteroatoms. The van der Waals surface area contributed by atoms with Crippen LogP contribution in [-0.2, 0) is 6.42 Å². The highest BCUT2D eigenvalue weighted by molar-refractivity contribution is 6.31. The van der Waals surface area contributed by atoms with Gasteiger partial charge in [-0.2, -0.15) is 0 Å². The number of hydrogen-bond donors (Lipinski definition) is 1. The Labute approximate surface area is 113 Å². The first-order chi connectivity index (χ1) is 8.56. The number of ether oxygens (including phenoxy) is 2. The van der Waals surface area contributed by atoms with Crippen LogP contribution in [0.15, 0.2) is 12.1 Å². The van der Waals surface area contributed by atoms with Crippen LogP contribution >= 0.6 is 11.6 Å². The summed E-state index contributed by atoms with van der Waals surface area (Å²) >= 11 is 6.28. The molecular weight excluding hydrogens is 250 g/mol. The molecule has 100 valence electrons. The predicted octanol–water partition coefficient (Wildman–Crippen LogP) is 3.03. The predicted molar refractivity (Wildman–Crippen MR) is 73.6 cm³/mol. The average molecular weight is 270 g/mol. The van der Waals surface area contributed by atoms with Gasteiger partial charge >= 0.3 is 0 Å². The van der Waals surface area contributed by atoms with E-state index >= 15 is 0 Å². The second kappa shape index (κ2) is 5.81. The molecule has 0 aromatic heterocycles. The lowest BCUT2D eigenvalue weighted by Crippen LogP contribution is -2.19. The molecule has 0 spiro atoms. The topological polar surface area (TPSA) is 44.5 Å². The smallest absolute Gasteiger partial charge is 0.162 e. The van der Waals surface area contributed by atoms with Crippen LogP contribution in [0.25, 0.3) is 0 Å².